The Labute approximate surface area is 169 Å². The van der Waals surface area contributed by atoms with Crippen molar-refractivity contribution >= 4 is 5.91 Å². The van der Waals surface area contributed by atoms with Crippen molar-refractivity contribution in [2.45, 2.75) is 53.4 Å². The van der Waals surface area contributed by atoms with Gasteiger partial charge < -0.3 is 30.0 Å². The van der Waals surface area contributed by atoms with E-state index in [1.807, 2.05) is 13.8 Å². The molecule has 27 heavy (non-hydrogen) atoms. The average molecular weight is 397 g/mol. The highest BCUT2D eigenvalue weighted by Gasteiger charge is 2.02. The minimum absolute atomic E-state index is 0. The summed E-state index contributed by atoms with van der Waals surface area (Å²) in [6.07, 6.45) is 3.79. The summed E-state index contributed by atoms with van der Waals surface area (Å²) >= 11 is 0. The quantitative estimate of drug-likeness (QED) is 0.326. The molecule has 0 heterocycles. The zero-order chi connectivity index (χ0) is 20.6. The molecule has 0 saturated carbocycles. The van der Waals surface area contributed by atoms with Crippen LogP contribution in [0.2, 0.25) is 0 Å². The third-order valence-electron chi connectivity index (χ3n) is 3.74. The lowest BCUT2D eigenvalue weighted by Gasteiger charge is -2.09. The molecule has 0 aromatic rings. The predicted molar refractivity (Wildman–Crippen MR) is 114 cm³/mol. The van der Waals surface area contributed by atoms with E-state index < -0.39 is 0 Å². The number of carbonyl (C=O) groups is 1. The van der Waals surface area contributed by atoms with Crippen LogP contribution in [0.1, 0.15) is 56.2 Å². The SMILES string of the molecule is CC.CCC(C)CCCNC(=O)CCOCCOCCOCCOCCN.[HH].[HH]. The number of amides is 1. The van der Waals surface area contributed by atoms with Gasteiger partial charge in [0, 0.05) is 22.4 Å². The zero-order valence-corrected chi connectivity index (χ0v) is 18.1. The summed E-state index contributed by atoms with van der Waals surface area (Å²) in [4.78, 5) is 11.6. The number of hydrogen-bond donors (Lipinski definition) is 2. The summed E-state index contributed by atoms with van der Waals surface area (Å²) in [6, 6.07) is 0. The van der Waals surface area contributed by atoms with Crippen molar-refractivity contribution in [3.63, 3.8) is 0 Å². The average Bonchev–Trinajstić information content (AvgIpc) is 2.70. The van der Waals surface area contributed by atoms with Crippen LogP contribution in [0.4, 0.5) is 0 Å². The Balaban J connectivity index is -0.000000755. The Kier molecular flexibility index (Phi) is 26.7. The van der Waals surface area contributed by atoms with Crippen LogP contribution in [0.3, 0.4) is 0 Å². The normalized spacial score (nSPS) is 11.6. The third-order valence-corrected chi connectivity index (χ3v) is 3.74. The summed E-state index contributed by atoms with van der Waals surface area (Å²) in [5, 5.41) is 2.92. The molecule has 7 nitrogen and oxygen atoms in total. The van der Waals surface area contributed by atoms with Crippen LogP contribution in [0.5, 0.6) is 0 Å². The van der Waals surface area contributed by atoms with Crippen LogP contribution in [0, 0.1) is 5.92 Å². The smallest absolute Gasteiger partial charge is 0.222 e. The highest BCUT2D eigenvalue weighted by molar-refractivity contribution is 5.75. The Hall–Kier alpha value is -0.730. The Bertz CT molecular complexity index is 304. The molecule has 0 saturated heterocycles. The van der Waals surface area contributed by atoms with Crippen LogP contribution in [-0.2, 0) is 23.7 Å². The fourth-order valence-electron chi connectivity index (χ4n) is 1.98. The standard InChI is InChI=1S/C18H38N2O5.C2H6.2H2/c1-3-17(2)5-4-8-20-18(21)6-9-22-11-13-24-15-16-25-14-12-23-10-7-19;1-2;;/h17H,3-16,19H2,1-2H3,(H,20,21);1-2H3;2*1H. The lowest BCUT2D eigenvalue weighted by Crippen LogP contribution is -2.26. The van der Waals surface area contributed by atoms with E-state index in [9.17, 15) is 4.79 Å². The molecule has 0 radical (unpaired) electrons. The fourth-order valence-corrected chi connectivity index (χ4v) is 1.98. The maximum atomic E-state index is 11.6. The van der Waals surface area contributed by atoms with Crippen LogP contribution >= 0.6 is 0 Å². The van der Waals surface area contributed by atoms with Gasteiger partial charge in [-0.05, 0) is 18.8 Å². The molecule has 0 aliphatic rings. The number of carbonyl (C=O) groups excluding carboxylic acids is 1. The Morgan fingerprint density at radius 2 is 1.41 bits per heavy atom. The van der Waals surface area contributed by atoms with Gasteiger partial charge in [-0.2, -0.15) is 0 Å². The van der Waals surface area contributed by atoms with E-state index in [1.165, 1.54) is 6.42 Å². The van der Waals surface area contributed by atoms with Crippen LogP contribution in [-0.4, -0.2) is 71.9 Å². The van der Waals surface area contributed by atoms with Crippen molar-refractivity contribution in [2.75, 3.05) is 65.9 Å². The van der Waals surface area contributed by atoms with Gasteiger partial charge in [-0.1, -0.05) is 34.1 Å². The first-order chi connectivity index (χ1) is 13.2. The monoisotopic (exact) mass is 396 g/mol. The first-order valence-electron chi connectivity index (χ1n) is 10.5. The molecule has 0 aromatic heterocycles. The van der Waals surface area contributed by atoms with Crippen LogP contribution in [0.25, 0.3) is 0 Å². The topological polar surface area (TPSA) is 92.0 Å². The van der Waals surface area contributed by atoms with Crippen molar-refractivity contribution in [2.24, 2.45) is 11.7 Å². The summed E-state index contributed by atoms with van der Waals surface area (Å²) in [5.74, 6) is 0.783. The molecular formula is C20H48N2O5. The molecule has 3 N–H and O–H groups in total. The molecule has 7 heteroatoms. The number of nitrogens with one attached hydrogen (secondary N) is 1. The minimum Gasteiger partial charge on any atom is -0.379 e. The fraction of sp³-hybridized carbons (Fsp3) is 0.950. The van der Waals surface area contributed by atoms with Gasteiger partial charge in [0.2, 0.25) is 5.91 Å². The third kappa shape index (κ3) is 25.3. The van der Waals surface area contributed by atoms with Gasteiger partial charge in [0.25, 0.3) is 0 Å². The van der Waals surface area contributed by atoms with Gasteiger partial charge in [-0.25, -0.2) is 0 Å². The Morgan fingerprint density at radius 3 is 1.89 bits per heavy atom. The predicted octanol–water partition coefficient (Wildman–Crippen LogP) is 2.86. The number of ether oxygens (including phenoxy) is 4. The van der Waals surface area contributed by atoms with E-state index in [2.05, 4.69) is 19.2 Å². The maximum Gasteiger partial charge on any atom is 0.222 e. The number of nitrogens with two attached hydrogens (primary N) is 1. The first-order valence-corrected chi connectivity index (χ1v) is 10.5. The number of rotatable bonds is 19. The Morgan fingerprint density at radius 1 is 0.926 bits per heavy atom. The molecule has 0 aromatic carbocycles. The largest absolute Gasteiger partial charge is 0.379 e. The zero-order valence-electron chi connectivity index (χ0n) is 18.1. The summed E-state index contributed by atoms with van der Waals surface area (Å²) in [5.41, 5.74) is 5.30. The summed E-state index contributed by atoms with van der Waals surface area (Å²) in [7, 11) is 0. The van der Waals surface area contributed by atoms with Crippen molar-refractivity contribution in [3.05, 3.63) is 0 Å². The highest BCUT2D eigenvalue weighted by atomic mass is 16.6. The second kappa shape index (κ2) is 25.3. The van der Waals surface area contributed by atoms with E-state index in [0.29, 0.717) is 65.8 Å². The first kappa shape index (κ1) is 28.5. The van der Waals surface area contributed by atoms with E-state index in [1.54, 1.807) is 0 Å². The molecule has 1 amide bonds. The lowest BCUT2D eigenvalue weighted by atomic mass is 10.0. The summed E-state index contributed by atoms with van der Waals surface area (Å²) < 4.78 is 21.2. The van der Waals surface area contributed by atoms with Crippen molar-refractivity contribution in [1.29, 1.82) is 0 Å². The molecule has 168 valence electrons. The van der Waals surface area contributed by atoms with Crippen LogP contribution < -0.4 is 11.1 Å². The molecule has 1 unspecified atom stereocenters. The maximum absolute atomic E-state index is 11.6. The van der Waals surface area contributed by atoms with Gasteiger partial charge in [-0.15, -0.1) is 0 Å². The molecule has 0 aliphatic heterocycles. The van der Waals surface area contributed by atoms with Gasteiger partial charge in [0.05, 0.1) is 52.9 Å². The van der Waals surface area contributed by atoms with Gasteiger partial charge in [-0.3, -0.25) is 4.79 Å². The lowest BCUT2D eigenvalue weighted by molar-refractivity contribution is -0.122. The molecule has 1 atom stereocenters. The van der Waals surface area contributed by atoms with Crippen molar-refractivity contribution in [3.8, 4) is 0 Å². The molecule has 0 rings (SSSR count). The van der Waals surface area contributed by atoms with E-state index in [4.69, 9.17) is 24.7 Å². The second-order valence-corrected chi connectivity index (χ2v) is 5.99. The van der Waals surface area contributed by atoms with E-state index in [0.717, 1.165) is 25.3 Å². The van der Waals surface area contributed by atoms with Gasteiger partial charge >= 0.3 is 0 Å². The van der Waals surface area contributed by atoms with Gasteiger partial charge in [0.1, 0.15) is 0 Å². The number of hydrogen-bond acceptors (Lipinski definition) is 6. The van der Waals surface area contributed by atoms with Gasteiger partial charge in [0.15, 0.2) is 0 Å². The molecular weight excluding hydrogens is 348 g/mol. The van der Waals surface area contributed by atoms with Crippen molar-refractivity contribution in [1.82, 2.24) is 5.32 Å². The molecule has 0 bridgehead atoms. The molecule has 0 aliphatic carbocycles. The minimum atomic E-state index is 0. The van der Waals surface area contributed by atoms with E-state index >= 15 is 0 Å². The molecule has 0 spiro atoms. The highest BCUT2D eigenvalue weighted by Crippen LogP contribution is 2.07. The second-order valence-electron chi connectivity index (χ2n) is 5.99. The van der Waals surface area contributed by atoms with Crippen LogP contribution in [0.15, 0.2) is 0 Å². The molecule has 0 fully saturated rings. The van der Waals surface area contributed by atoms with E-state index in [-0.39, 0.29) is 8.76 Å². The summed E-state index contributed by atoms with van der Waals surface area (Å²) in [6.45, 7) is 13.9. The van der Waals surface area contributed by atoms with Crippen molar-refractivity contribution < 1.29 is 26.6 Å².